The van der Waals surface area contributed by atoms with E-state index in [0.29, 0.717) is 84.3 Å². The average Bonchev–Trinajstić information content (AvgIpc) is 0.818. The number of nitrogens with one attached hydrogen (secondary N) is 3. The first-order valence-electron chi connectivity index (χ1n) is 39.2. The number of hydrogen-bond donors (Lipinski definition) is 6. The molecule has 4 fully saturated rings. The molecule has 4 aliphatic rings. The second-order valence-electron chi connectivity index (χ2n) is 29.8. The van der Waals surface area contributed by atoms with E-state index in [9.17, 15) is 17.5 Å². The smallest absolute Gasteiger partial charge is 0.294 e. The first-order valence-corrected chi connectivity index (χ1v) is 47.8. The van der Waals surface area contributed by atoms with Gasteiger partial charge in [0.15, 0.2) is 0 Å². The molecule has 117 heavy (non-hydrogen) atoms. The van der Waals surface area contributed by atoms with Crippen molar-refractivity contribution in [3.05, 3.63) is 153 Å². The van der Waals surface area contributed by atoms with Gasteiger partial charge >= 0.3 is 0 Å². The van der Waals surface area contributed by atoms with Gasteiger partial charge in [-0.1, -0.05) is 57.0 Å². The molecule has 34 heteroatoms. The lowest BCUT2D eigenvalue weighted by atomic mass is 9.99. The summed E-state index contributed by atoms with van der Waals surface area (Å²) in [6, 6.07) is 27.1. The number of anilines is 9. The first-order chi connectivity index (χ1) is 55.9. The lowest BCUT2D eigenvalue weighted by molar-refractivity contribution is 0.0982. The van der Waals surface area contributed by atoms with Crippen molar-refractivity contribution in [2.75, 3.05) is 186 Å². The number of methoxy groups -OCH3 is 4. The number of aliphatic hydroxyl groups is 1. The van der Waals surface area contributed by atoms with Crippen molar-refractivity contribution >= 4 is 130 Å². The predicted molar refractivity (Wildman–Crippen MR) is 481 cm³/mol. The van der Waals surface area contributed by atoms with Crippen LogP contribution in [0.1, 0.15) is 76.0 Å². The summed E-state index contributed by atoms with van der Waals surface area (Å²) in [6.45, 7) is 29.3. The van der Waals surface area contributed by atoms with E-state index in [1.807, 2.05) is 43.3 Å². The molecule has 7 N–H and O–H groups in total. The molecule has 0 saturated carbocycles. The quantitative estimate of drug-likeness (QED) is 0.0150. The zero-order chi connectivity index (χ0) is 84.7. The van der Waals surface area contributed by atoms with Crippen molar-refractivity contribution in [3.63, 3.8) is 0 Å². The number of piperidine rings is 2. The number of likely N-dealkylation sites (N-methyl/N-ethyl adjacent to an activating group) is 2. The van der Waals surface area contributed by atoms with Crippen LogP contribution in [0.15, 0.2) is 136 Å². The summed E-state index contributed by atoms with van der Waals surface area (Å²) in [5.74, 6) is 3.76. The maximum absolute atomic E-state index is 13.5. The van der Waals surface area contributed by atoms with Crippen LogP contribution >= 0.6 is 57.7 Å². The number of unbranched alkanes of at least 4 members (excludes halogenated alkanes) is 1. The Kier molecular flexibility index (Phi) is 34.6. The first kappa shape index (κ1) is 92.7. The number of rotatable bonds is 23. The molecule has 0 bridgehead atoms. The van der Waals surface area contributed by atoms with E-state index in [1.54, 1.807) is 91.1 Å². The number of nitrogens with two attached hydrogens (primary N) is 1. The normalized spacial score (nSPS) is 15.4. The molecule has 9 aromatic rings. The topological polar surface area (TPSA) is 330 Å². The molecule has 632 valence electrons. The Balaban J connectivity index is 0.000000195. The fourth-order valence-electron chi connectivity index (χ4n) is 14.0. The van der Waals surface area contributed by atoms with Crippen LogP contribution in [0.5, 0.6) is 23.3 Å². The van der Waals surface area contributed by atoms with Crippen LogP contribution in [-0.4, -0.2) is 244 Å². The lowest BCUT2D eigenvalue weighted by Gasteiger charge is -2.43. The van der Waals surface area contributed by atoms with Crippen LogP contribution < -0.4 is 61.0 Å². The highest BCUT2D eigenvalue weighted by Crippen LogP contribution is 2.44. The molecule has 0 atom stereocenters. The third-order valence-electron chi connectivity index (χ3n) is 20.7. The van der Waals surface area contributed by atoms with Crippen LogP contribution in [0.25, 0.3) is 22.5 Å². The van der Waals surface area contributed by atoms with Crippen molar-refractivity contribution in [2.24, 2.45) is 0 Å². The molecule has 4 saturated heterocycles. The maximum Gasteiger partial charge on any atom is 0.294 e. The highest BCUT2D eigenvalue weighted by Gasteiger charge is 2.31. The number of halogens is 3. The Morgan fingerprint density at radius 2 is 0.991 bits per heavy atom. The van der Waals surface area contributed by atoms with Crippen molar-refractivity contribution in [2.45, 2.75) is 96.0 Å². The van der Waals surface area contributed by atoms with E-state index >= 15 is 0 Å². The molecule has 13 rings (SSSR count). The highest BCUT2D eigenvalue weighted by molar-refractivity contribution is 9.11. The number of nitrogens with zero attached hydrogens (tertiary/aromatic N) is 14. The minimum Gasteiger partial charge on any atom is -0.495 e. The summed E-state index contributed by atoms with van der Waals surface area (Å²) in [5.41, 5.74) is 17.8. The number of aryl methyl sites for hydroxylation is 3. The van der Waals surface area contributed by atoms with E-state index in [2.05, 4.69) is 171 Å². The van der Waals surface area contributed by atoms with Crippen molar-refractivity contribution in [3.8, 4) is 45.8 Å². The van der Waals surface area contributed by atoms with E-state index in [0.717, 1.165) is 124 Å². The Morgan fingerprint density at radius 1 is 0.547 bits per heavy atom. The third-order valence-corrected chi connectivity index (χ3v) is 26.0. The number of ether oxygens (including phenoxy) is 4. The number of aliphatic hydroxyl groups excluding tert-OH is 1. The molecule has 28 nitrogen and oxygen atoms in total. The molecule has 0 radical (unpaired) electrons. The van der Waals surface area contributed by atoms with Gasteiger partial charge in [-0.2, -0.15) is 18.4 Å². The molecule has 4 aromatic heterocycles. The standard InChI is InChI=1S/C36H47BrN9O3P.C19H32N4O.C17H16BrClN5O2P.C7H8O3S.C4H10O/c1-7-24-18-29(32(48-3)20-31(24)46-12-10-26(11-13-46)45-16-14-44(2)15-17-45)42-36-39-21-27(37)35(43-36)41-28-9-8-25(19-33(28)50(5,6)47)30-22-38-23-34(40-30)49-4;1-4-15-13-17(20)19(24-3)14-18(15)23-7-5-16(6-8-23)22-11-9-21(2)10-12-22;1-26-15-9-20-8-13(22-15)10-4-5-12(14(6-10)27(2,3)25)23-16-11(18)7-21-17(19)24-16;1-6-2-4-7(5-3-6)11(8,9)10;1-2-3-4-5/h8-9,18-23,26H,7,10-17H2,1-6H3,(H2,39,41,42,43);13-14,16H,4-12,20H2,1-3H3;4-9H,1-3H3,(H,21,23,24);2-5H,1H3,(H,8,9,10);5H,2-4H2,1H3. The Hall–Kier alpha value is -8.16. The van der Waals surface area contributed by atoms with Gasteiger partial charge in [0, 0.05) is 155 Å². The Morgan fingerprint density at radius 3 is 1.40 bits per heavy atom. The van der Waals surface area contributed by atoms with Crippen molar-refractivity contribution in [1.29, 1.82) is 0 Å². The van der Waals surface area contributed by atoms with E-state index in [1.165, 1.54) is 99.8 Å². The summed E-state index contributed by atoms with van der Waals surface area (Å²) in [7, 11) is 1.54. The summed E-state index contributed by atoms with van der Waals surface area (Å²) in [4.78, 5) is 49.9. The van der Waals surface area contributed by atoms with Gasteiger partial charge in [0.1, 0.15) is 37.4 Å². The fraction of sp³-hybridized carbons (Fsp3) is 0.446. The minimum atomic E-state index is -4.02. The van der Waals surface area contributed by atoms with Crippen LogP contribution in [0.3, 0.4) is 0 Å². The minimum absolute atomic E-state index is 0.0666. The van der Waals surface area contributed by atoms with E-state index in [-0.39, 0.29) is 10.2 Å². The molecule has 0 amide bonds. The number of piperazine rings is 2. The van der Waals surface area contributed by atoms with E-state index in [4.69, 9.17) is 50.9 Å². The van der Waals surface area contributed by atoms with Crippen LogP contribution in [0.2, 0.25) is 5.28 Å². The van der Waals surface area contributed by atoms with Gasteiger partial charge in [-0.25, -0.2) is 19.9 Å². The zero-order valence-electron chi connectivity index (χ0n) is 69.5. The molecule has 0 spiro atoms. The maximum atomic E-state index is 13.5. The number of aromatic nitrogens is 8. The van der Waals surface area contributed by atoms with Gasteiger partial charge in [-0.05, 0) is 196 Å². The monoisotopic (exact) mass is 1810 g/mol. The largest absolute Gasteiger partial charge is 0.495 e. The Labute approximate surface area is 711 Å². The summed E-state index contributed by atoms with van der Waals surface area (Å²) in [5, 5.41) is 19.5. The number of nitrogen functional groups attached to an aromatic ring is 1. The molecule has 0 unspecified atom stereocenters. The SMILES string of the molecule is CCCCO.CCc1cc(N)c(OC)cc1N1CCC(N2CCN(C)CC2)CC1.CCc1cc(Nc2ncc(Br)c(Nc3ccc(-c4cncc(OC)n4)cc3P(C)(C)=O)n2)c(OC)cc1N1CCC(N2CCN(C)CC2)CC1.COc1cncc(-c2ccc(Nc3nc(Cl)ncc3Br)c(P(C)(C)=O)c2)n1.Cc1ccc(S(=O)(=O)O)cc1. The van der Waals surface area contributed by atoms with E-state index < -0.39 is 24.4 Å². The van der Waals surface area contributed by atoms with Gasteiger partial charge in [0.25, 0.3) is 10.1 Å². The Bertz CT molecular complexity index is 4970. The van der Waals surface area contributed by atoms with Gasteiger partial charge in [-0.15, -0.1) is 0 Å². The number of benzene rings is 5. The van der Waals surface area contributed by atoms with Crippen LogP contribution in [0, 0.1) is 6.92 Å². The zero-order valence-corrected chi connectivity index (χ0v) is 76.0. The van der Waals surface area contributed by atoms with Gasteiger partial charge in [-0.3, -0.25) is 24.3 Å². The summed E-state index contributed by atoms with van der Waals surface area (Å²) < 4.78 is 79.0. The molecule has 8 heterocycles. The lowest BCUT2D eigenvalue weighted by Crippen LogP contribution is -2.52. The average molecular weight is 1810 g/mol. The van der Waals surface area contributed by atoms with Crippen molar-refractivity contribution < 1.29 is 46.2 Å². The molecule has 0 aliphatic carbocycles. The summed E-state index contributed by atoms with van der Waals surface area (Å²) in [6.07, 6.45) is 18.4. The van der Waals surface area contributed by atoms with Gasteiger partial charge in [0.05, 0.1) is 101 Å². The fourth-order valence-corrected chi connectivity index (χ4v) is 17.5. The van der Waals surface area contributed by atoms with Crippen LogP contribution in [0.4, 0.5) is 51.7 Å². The van der Waals surface area contributed by atoms with Gasteiger partial charge < -0.3 is 74.5 Å². The molecule has 4 aliphatic heterocycles. The molecule has 5 aromatic carbocycles. The third kappa shape index (κ3) is 26.4. The predicted octanol–water partition coefficient (Wildman–Crippen LogP) is 14.7. The molecular formula is C83H113Br2ClN18O10P2S. The highest BCUT2D eigenvalue weighted by atomic mass is 79.9. The van der Waals surface area contributed by atoms with Gasteiger partial charge in [0.2, 0.25) is 23.0 Å². The molecular weight excluding hydrogens is 1700 g/mol. The second-order valence-corrected chi connectivity index (χ2v) is 39.6. The van der Waals surface area contributed by atoms with Crippen molar-refractivity contribution in [1.82, 2.24) is 59.5 Å². The second kappa shape index (κ2) is 43.7. The van der Waals surface area contributed by atoms with Crippen LogP contribution in [-0.2, 0) is 32.1 Å². The summed E-state index contributed by atoms with van der Waals surface area (Å²) >= 11 is 12.9. The number of hydrogen-bond acceptors (Lipinski definition) is 27.